The van der Waals surface area contributed by atoms with Crippen molar-refractivity contribution >= 4 is 17.5 Å². The fourth-order valence-electron chi connectivity index (χ4n) is 2.10. The lowest BCUT2D eigenvalue weighted by Crippen LogP contribution is -2.40. The molecule has 1 aromatic rings. The molecule has 0 radical (unpaired) electrons. The standard InChI is InChI=1S/C13H17ClN2O2/c14-9-4-5-11(12(17)7-9)13(18)16-10-3-1-2-6-15-8-10/h4-5,7,10,15,17H,1-3,6,8H2,(H,16,18). The number of aromatic hydroxyl groups is 1. The van der Waals surface area contributed by atoms with Gasteiger partial charge in [-0.2, -0.15) is 0 Å². The van der Waals surface area contributed by atoms with Crippen molar-refractivity contribution in [1.29, 1.82) is 0 Å². The lowest BCUT2D eigenvalue weighted by molar-refractivity contribution is 0.0933. The topological polar surface area (TPSA) is 61.4 Å². The minimum Gasteiger partial charge on any atom is -0.507 e. The second-order valence-electron chi connectivity index (χ2n) is 4.53. The number of halogens is 1. The number of phenolic OH excluding ortho intramolecular Hbond substituents is 1. The molecule has 0 saturated carbocycles. The van der Waals surface area contributed by atoms with E-state index in [-0.39, 0.29) is 23.3 Å². The van der Waals surface area contributed by atoms with Crippen LogP contribution >= 0.6 is 11.6 Å². The minimum absolute atomic E-state index is 0.0819. The molecule has 0 aromatic heterocycles. The average molecular weight is 269 g/mol. The molecule has 1 aliphatic rings. The highest BCUT2D eigenvalue weighted by atomic mass is 35.5. The zero-order valence-corrected chi connectivity index (χ0v) is 10.8. The highest BCUT2D eigenvalue weighted by Gasteiger charge is 2.17. The van der Waals surface area contributed by atoms with E-state index in [2.05, 4.69) is 10.6 Å². The Labute approximate surface area is 111 Å². The van der Waals surface area contributed by atoms with Gasteiger partial charge in [-0.15, -0.1) is 0 Å². The predicted molar refractivity (Wildman–Crippen MR) is 71.1 cm³/mol. The van der Waals surface area contributed by atoms with Crippen LogP contribution in [0.25, 0.3) is 0 Å². The molecule has 2 rings (SSSR count). The Morgan fingerprint density at radius 1 is 1.44 bits per heavy atom. The highest BCUT2D eigenvalue weighted by molar-refractivity contribution is 6.30. The number of nitrogens with one attached hydrogen (secondary N) is 2. The van der Waals surface area contributed by atoms with Gasteiger partial charge in [-0.1, -0.05) is 18.0 Å². The smallest absolute Gasteiger partial charge is 0.255 e. The van der Waals surface area contributed by atoms with Gasteiger partial charge in [0.25, 0.3) is 5.91 Å². The van der Waals surface area contributed by atoms with Crippen LogP contribution in [0.4, 0.5) is 0 Å². The van der Waals surface area contributed by atoms with Crippen LogP contribution in [0.3, 0.4) is 0 Å². The maximum Gasteiger partial charge on any atom is 0.255 e. The van der Waals surface area contributed by atoms with Crippen LogP contribution < -0.4 is 10.6 Å². The average Bonchev–Trinajstić information content (AvgIpc) is 2.57. The van der Waals surface area contributed by atoms with Crippen molar-refractivity contribution in [2.75, 3.05) is 13.1 Å². The summed E-state index contributed by atoms with van der Waals surface area (Å²) in [5, 5.41) is 16.3. The Hall–Kier alpha value is -1.26. The second kappa shape index (κ2) is 6.07. The van der Waals surface area contributed by atoms with Crippen LogP contribution in [-0.2, 0) is 0 Å². The van der Waals surface area contributed by atoms with Crippen molar-refractivity contribution in [1.82, 2.24) is 10.6 Å². The molecule has 1 aliphatic heterocycles. The number of hydrogen-bond acceptors (Lipinski definition) is 3. The molecule has 0 aliphatic carbocycles. The zero-order chi connectivity index (χ0) is 13.0. The maximum atomic E-state index is 12.0. The Balaban J connectivity index is 2.02. The molecule has 1 heterocycles. The van der Waals surface area contributed by atoms with Gasteiger partial charge < -0.3 is 15.7 Å². The van der Waals surface area contributed by atoms with Crippen molar-refractivity contribution in [2.45, 2.75) is 25.3 Å². The van der Waals surface area contributed by atoms with Crippen LogP contribution in [0.2, 0.25) is 5.02 Å². The molecular weight excluding hydrogens is 252 g/mol. The van der Waals surface area contributed by atoms with Crippen LogP contribution in [-0.4, -0.2) is 30.1 Å². The summed E-state index contributed by atoms with van der Waals surface area (Å²) in [6.45, 7) is 1.78. The molecule has 18 heavy (non-hydrogen) atoms. The van der Waals surface area contributed by atoms with E-state index in [1.165, 1.54) is 12.1 Å². The van der Waals surface area contributed by atoms with Gasteiger partial charge in [-0.3, -0.25) is 4.79 Å². The van der Waals surface area contributed by atoms with Crippen molar-refractivity contribution in [3.05, 3.63) is 28.8 Å². The van der Waals surface area contributed by atoms with Gasteiger partial charge in [-0.05, 0) is 37.6 Å². The molecule has 0 spiro atoms. The number of amides is 1. The van der Waals surface area contributed by atoms with E-state index in [1.807, 2.05) is 0 Å². The summed E-state index contributed by atoms with van der Waals surface area (Å²) in [5.41, 5.74) is 0.267. The Morgan fingerprint density at radius 2 is 2.28 bits per heavy atom. The van der Waals surface area contributed by atoms with E-state index >= 15 is 0 Å². The van der Waals surface area contributed by atoms with Crippen LogP contribution in [0.5, 0.6) is 5.75 Å². The number of hydrogen-bond donors (Lipinski definition) is 3. The lowest BCUT2D eigenvalue weighted by Gasteiger charge is -2.16. The number of carbonyl (C=O) groups excluding carboxylic acids is 1. The van der Waals surface area contributed by atoms with Crippen molar-refractivity contribution in [3.8, 4) is 5.75 Å². The molecule has 1 fully saturated rings. The van der Waals surface area contributed by atoms with Gasteiger partial charge in [0.15, 0.2) is 0 Å². The van der Waals surface area contributed by atoms with Gasteiger partial charge in [0.2, 0.25) is 0 Å². The molecule has 1 aromatic carbocycles. The Kier molecular flexibility index (Phi) is 4.44. The quantitative estimate of drug-likeness (QED) is 0.768. The summed E-state index contributed by atoms with van der Waals surface area (Å²) in [7, 11) is 0. The molecule has 5 heteroatoms. The first kappa shape index (κ1) is 13.2. The molecule has 1 saturated heterocycles. The van der Waals surface area contributed by atoms with E-state index in [1.54, 1.807) is 6.07 Å². The summed E-state index contributed by atoms with van der Waals surface area (Å²) in [5.74, 6) is -0.334. The Bertz CT molecular complexity index is 429. The van der Waals surface area contributed by atoms with Crippen molar-refractivity contribution in [2.24, 2.45) is 0 Å². The summed E-state index contributed by atoms with van der Waals surface area (Å²) in [4.78, 5) is 12.0. The molecule has 1 amide bonds. The maximum absolute atomic E-state index is 12.0. The second-order valence-corrected chi connectivity index (χ2v) is 4.97. The monoisotopic (exact) mass is 268 g/mol. The predicted octanol–water partition coefficient (Wildman–Crippen LogP) is 1.92. The van der Waals surface area contributed by atoms with Gasteiger partial charge in [0.1, 0.15) is 5.75 Å². The number of benzene rings is 1. The molecular formula is C13H17ClN2O2. The largest absolute Gasteiger partial charge is 0.507 e. The minimum atomic E-state index is -0.252. The van der Waals surface area contributed by atoms with Crippen LogP contribution in [0.15, 0.2) is 18.2 Å². The Morgan fingerprint density at radius 3 is 3.06 bits per heavy atom. The number of rotatable bonds is 2. The number of phenols is 1. The van der Waals surface area contributed by atoms with Crippen molar-refractivity contribution in [3.63, 3.8) is 0 Å². The molecule has 1 atom stereocenters. The number of carbonyl (C=O) groups is 1. The summed E-state index contributed by atoms with van der Waals surface area (Å²) < 4.78 is 0. The van der Waals surface area contributed by atoms with Gasteiger partial charge in [0.05, 0.1) is 5.56 Å². The molecule has 1 unspecified atom stereocenters. The first-order valence-corrected chi connectivity index (χ1v) is 6.54. The van der Waals surface area contributed by atoms with E-state index < -0.39 is 0 Å². The molecule has 3 N–H and O–H groups in total. The third kappa shape index (κ3) is 3.37. The van der Waals surface area contributed by atoms with Crippen LogP contribution in [0, 0.1) is 0 Å². The van der Waals surface area contributed by atoms with E-state index in [0.717, 1.165) is 32.4 Å². The highest BCUT2D eigenvalue weighted by Crippen LogP contribution is 2.22. The fraction of sp³-hybridized carbons (Fsp3) is 0.462. The normalized spacial score (nSPS) is 20.2. The van der Waals surface area contributed by atoms with E-state index in [0.29, 0.717) is 5.02 Å². The third-order valence-electron chi connectivity index (χ3n) is 3.09. The summed E-state index contributed by atoms with van der Waals surface area (Å²) in [6, 6.07) is 4.63. The molecule has 98 valence electrons. The van der Waals surface area contributed by atoms with Gasteiger partial charge >= 0.3 is 0 Å². The fourth-order valence-corrected chi connectivity index (χ4v) is 2.27. The van der Waals surface area contributed by atoms with Crippen molar-refractivity contribution < 1.29 is 9.90 Å². The van der Waals surface area contributed by atoms with E-state index in [4.69, 9.17) is 11.6 Å². The molecule has 4 nitrogen and oxygen atoms in total. The zero-order valence-electron chi connectivity index (χ0n) is 10.1. The summed E-state index contributed by atoms with van der Waals surface area (Å²) in [6.07, 6.45) is 3.20. The van der Waals surface area contributed by atoms with Gasteiger partial charge in [-0.25, -0.2) is 0 Å². The molecule has 0 bridgehead atoms. The summed E-state index contributed by atoms with van der Waals surface area (Å²) >= 11 is 5.73. The SMILES string of the molecule is O=C(NC1CCCCNC1)c1ccc(Cl)cc1O. The lowest BCUT2D eigenvalue weighted by atomic mass is 10.1. The van der Waals surface area contributed by atoms with Gasteiger partial charge in [0, 0.05) is 17.6 Å². The van der Waals surface area contributed by atoms with E-state index in [9.17, 15) is 9.90 Å². The van der Waals surface area contributed by atoms with Crippen LogP contribution in [0.1, 0.15) is 29.6 Å². The first-order valence-electron chi connectivity index (χ1n) is 6.17. The third-order valence-corrected chi connectivity index (χ3v) is 3.32. The first-order chi connectivity index (χ1) is 8.66.